The number of benzene rings is 1. The average molecular weight is 359 g/mol. The SMILES string of the molecule is C=C[C@@H](c1c(OC)cc(CCCCC)cc1OC)[C@H](C=O)CCC(=C)C. The monoisotopic (exact) mass is 358 g/mol. The second-order valence-electron chi connectivity index (χ2n) is 6.93. The van der Waals surface area contributed by atoms with Crippen molar-refractivity contribution in [3.8, 4) is 11.5 Å². The molecule has 0 radical (unpaired) electrons. The van der Waals surface area contributed by atoms with E-state index in [4.69, 9.17) is 9.47 Å². The number of carbonyl (C=O) groups is 1. The summed E-state index contributed by atoms with van der Waals surface area (Å²) in [6, 6.07) is 4.15. The van der Waals surface area contributed by atoms with E-state index in [1.165, 1.54) is 18.4 Å². The highest BCUT2D eigenvalue weighted by Gasteiger charge is 2.27. The zero-order valence-electron chi connectivity index (χ0n) is 16.8. The summed E-state index contributed by atoms with van der Waals surface area (Å²) in [6.45, 7) is 12.1. The fourth-order valence-electron chi connectivity index (χ4n) is 3.30. The summed E-state index contributed by atoms with van der Waals surface area (Å²) in [5, 5.41) is 0. The average Bonchev–Trinajstić information content (AvgIpc) is 2.64. The molecule has 0 spiro atoms. The second-order valence-corrected chi connectivity index (χ2v) is 6.93. The summed E-state index contributed by atoms with van der Waals surface area (Å²) in [5.74, 6) is 1.20. The molecule has 0 amide bonds. The molecular formula is C23H34O3. The summed E-state index contributed by atoms with van der Waals surface area (Å²) < 4.78 is 11.4. The van der Waals surface area contributed by atoms with Gasteiger partial charge in [-0.3, -0.25) is 0 Å². The summed E-state index contributed by atoms with van der Waals surface area (Å²) in [4.78, 5) is 11.8. The maximum Gasteiger partial charge on any atom is 0.126 e. The van der Waals surface area contributed by atoms with Gasteiger partial charge in [-0.15, -0.1) is 13.2 Å². The van der Waals surface area contributed by atoms with Crippen LogP contribution in [0.1, 0.15) is 63.0 Å². The first-order valence-electron chi connectivity index (χ1n) is 9.49. The molecule has 0 saturated heterocycles. The van der Waals surface area contributed by atoms with Crippen LogP contribution >= 0.6 is 0 Å². The summed E-state index contributed by atoms with van der Waals surface area (Å²) >= 11 is 0. The van der Waals surface area contributed by atoms with Gasteiger partial charge in [0.05, 0.1) is 14.2 Å². The van der Waals surface area contributed by atoms with Crippen molar-refractivity contribution in [2.45, 2.75) is 58.3 Å². The topological polar surface area (TPSA) is 35.5 Å². The van der Waals surface area contributed by atoms with Gasteiger partial charge in [-0.2, -0.15) is 0 Å². The minimum atomic E-state index is -0.182. The molecule has 0 unspecified atom stereocenters. The van der Waals surface area contributed by atoms with E-state index in [9.17, 15) is 4.79 Å². The third kappa shape index (κ3) is 6.05. The lowest BCUT2D eigenvalue weighted by Gasteiger charge is -2.25. The van der Waals surface area contributed by atoms with Gasteiger partial charge < -0.3 is 14.3 Å². The number of allylic oxidation sites excluding steroid dienone is 2. The van der Waals surface area contributed by atoms with Gasteiger partial charge in [0.25, 0.3) is 0 Å². The number of aryl methyl sites for hydroxylation is 1. The number of unbranched alkanes of at least 4 members (excludes halogenated alkanes) is 2. The Bertz CT molecular complexity index is 578. The highest BCUT2D eigenvalue weighted by atomic mass is 16.5. The largest absolute Gasteiger partial charge is 0.496 e. The Morgan fingerprint density at radius 2 is 1.81 bits per heavy atom. The van der Waals surface area contributed by atoms with E-state index >= 15 is 0 Å². The number of aldehydes is 1. The Morgan fingerprint density at radius 1 is 1.19 bits per heavy atom. The molecule has 1 aromatic carbocycles. The predicted molar refractivity (Wildman–Crippen MR) is 109 cm³/mol. The van der Waals surface area contributed by atoms with E-state index in [1.54, 1.807) is 14.2 Å². The normalized spacial score (nSPS) is 12.9. The highest BCUT2D eigenvalue weighted by molar-refractivity contribution is 5.61. The summed E-state index contributed by atoms with van der Waals surface area (Å²) in [7, 11) is 3.33. The molecule has 0 aliphatic rings. The zero-order valence-corrected chi connectivity index (χ0v) is 16.8. The van der Waals surface area contributed by atoms with Crippen LogP contribution in [0.25, 0.3) is 0 Å². The molecule has 0 fully saturated rings. The molecule has 0 saturated carbocycles. The van der Waals surface area contributed by atoms with Crippen molar-refractivity contribution >= 4 is 6.29 Å². The van der Waals surface area contributed by atoms with Gasteiger partial charge in [-0.25, -0.2) is 0 Å². The zero-order chi connectivity index (χ0) is 19.5. The molecule has 0 N–H and O–H groups in total. The molecule has 2 atom stereocenters. The number of ether oxygens (including phenoxy) is 2. The van der Waals surface area contributed by atoms with Gasteiger partial charge in [-0.1, -0.05) is 31.4 Å². The molecule has 0 heterocycles. The molecule has 1 aromatic rings. The van der Waals surface area contributed by atoms with Gasteiger partial charge in [0.1, 0.15) is 17.8 Å². The molecule has 1 rings (SSSR count). The minimum absolute atomic E-state index is 0.151. The van der Waals surface area contributed by atoms with Gasteiger partial charge >= 0.3 is 0 Å². The first-order chi connectivity index (χ1) is 12.5. The Morgan fingerprint density at radius 3 is 2.23 bits per heavy atom. The maximum absolute atomic E-state index is 11.8. The van der Waals surface area contributed by atoms with Crippen molar-refractivity contribution in [2.75, 3.05) is 14.2 Å². The summed E-state index contributed by atoms with van der Waals surface area (Å²) in [6.07, 6.45) is 8.92. The third-order valence-electron chi connectivity index (χ3n) is 4.80. The third-order valence-corrected chi connectivity index (χ3v) is 4.80. The van der Waals surface area contributed by atoms with Crippen molar-refractivity contribution in [2.24, 2.45) is 5.92 Å². The smallest absolute Gasteiger partial charge is 0.126 e. The van der Waals surface area contributed by atoms with Crippen molar-refractivity contribution in [3.63, 3.8) is 0 Å². The Balaban J connectivity index is 3.25. The molecule has 3 heteroatoms. The van der Waals surface area contributed by atoms with E-state index in [1.807, 2.05) is 13.0 Å². The molecule has 0 aromatic heterocycles. The van der Waals surface area contributed by atoms with E-state index in [2.05, 4.69) is 32.2 Å². The molecular weight excluding hydrogens is 324 g/mol. The van der Waals surface area contributed by atoms with Gasteiger partial charge in [0.15, 0.2) is 0 Å². The van der Waals surface area contributed by atoms with E-state index in [0.29, 0.717) is 0 Å². The lowest BCUT2D eigenvalue weighted by Crippen LogP contribution is -2.15. The Hall–Kier alpha value is -2.03. The van der Waals surface area contributed by atoms with Gasteiger partial charge in [-0.05, 0) is 50.3 Å². The van der Waals surface area contributed by atoms with Crippen molar-refractivity contribution in [1.82, 2.24) is 0 Å². The highest BCUT2D eigenvalue weighted by Crippen LogP contribution is 2.42. The van der Waals surface area contributed by atoms with Crippen molar-refractivity contribution in [1.29, 1.82) is 0 Å². The van der Waals surface area contributed by atoms with Crippen LogP contribution < -0.4 is 9.47 Å². The first-order valence-corrected chi connectivity index (χ1v) is 9.49. The van der Waals surface area contributed by atoms with Crippen LogP contribution in [0.4, 0.5) is 0 Å². The summed E-state index contributed by atoms with van der Waals surface area (Å²) in [5.41, 5.74) is 3.18. The van der Waals surface area contributed by atoms with Crippen LogP contribution in [-0.2, 0) is 11.2 Å². The first kappa shape index (κ1) is 22.0. The van der Waals surface area contributed by atoms with Crippen molar-refractivity contribution < 1.29 is 14.3 Å². The number of hydrogen-bond donors (Lipinski definition) is 0. The van der Waals surface area contributed by atoms with Crippen LogP contribution in [-0.4, -0.2) is 20.5 Å². The fraction of sp³-hybridized carbons (Fsp3) is 0.522. The predicted octanol–water partition coefficient (Wildman–Crippen LogP) is 5.88. The van der Waals surface area contributed by atoms with E-state index < -0.39 is 0 Å². The van der Waals surface area contributed by atoms with E-state index in [-0.39, 0.29) is 11.8 Å². The molecule has 3 nitrogen and oxygen atoms in total. The molecule has 0 aliphatic carbocycles. The Labute approximate surface area is 159 Å². The fourth-order valence-corrected chi connectivity index (χ4v) is 3.30. The van der Waals surface area contributed by atoms with Crippen molar-refractivity contribution in [3.05, 3.63) is 48.1 Å². The minimum Gasteiger partial charge on any atom is -0.496 e. The quantitative estimate of drug-likeness (QED) is 0.251. The molecule has 0 bridgehead atoms. The Kier molecular flexibility index (Phi) is 9.79. The van der Waals surface area contributed by atoms with Crippen LogP contribution in [0.3, 0.4) is 0 Å². The van der Waals surface area contributed by atoms with Crippen LogP contribution in [0.5, 0.6) is 11.5 Å². The van der Waals surface area contributed by atoms with E-state index in [0.717, 1.165) is 54.6 Å². The van der Waals surface area contributed by atoms with Crippen LogP contribution in [0.2, 0.25) is 0 Å². The second kappa shape index (κ2) is 11.6. The molecule has 0 aliphatic heterocycles. The van der Waals surface area contributed by atoms with Gasteiger partial charge in [0.2, 0.25) is 0 Å². The van der Waals surface area contributed by atoms with Crippen LogP contribution in [0, 0.1) is 5.92 Å². The molecule has 26 heavy (non-hydrogen) atoms. The molecule has 144 valence electrons. The maximum atomic E-state index is 11.8. The lowest BCUT2D eigenvalue weighted by atomic mass is 9.82. The lowest BCUT2D eigenvalue weighted by molar-refractivity contribution is -0.111. The van der Waals surface area contributed by atoms with Crippen LogP contribution in [0.15, 0.2) is 36.9 Å². The number of carbonyl (C=O) groups excluding carboxylic acids is 1. The number of hydrogen-bond acceptors (Lipinski definition) is 3. The standard InChI is InChI=1S/C23H34O3/c1-7-9-10-11-18-14-21(25-5)23(22(15-18)26-6)20(8-2)19(16-24)13-12-17(3)4/h8,14-16,19-20H,2-3,7,9-13H2,1,4-6H3/t19-,20+/m0/s1. The number of methoxy groups -OCH3 is 2. The van der Waals surface area contributed by atoms with Gasteiger partial charge in [0, 0.05) is 17.4 Å². The number of rotatable bonds is 13.